The summed E-state index contributed by atoms with van der Waals surface area (Å²) in [6, 6.07) is 3.26. The molecule has 0 spiro atoms. The van der Waals surface area contributed by atoms with E-state index in [1.54, 1.807) is 17.5 Å². The van der Waals surface area contributed by atoms with Crippen LogP contribution in [0.1, 0.15) is 12.8 Å². The topological polar surface area (TPSA) is 60.4 Å². The van der Waals surface area contributed by atoms with Gasteiger partial charge in [-0.2, -0.15) is 0 Å². The summed E-state index contributed by atoms with van der Waals surface area (Å²) in [5.41, 5.74) is 0. The molecule has 0 unspecified atom stereocenters. The van der Waals surface area contributed by atoms with Crippen molar-refractivity contribution in [2.75, 3.05) is 12.9 Å². The number of thiophene rings is 1. The van der Waals surface area contributed by atoms with E-state index in [2.05, 4.69) is 4.74 Å². The van der Waals surface area contributed by atoms with Crippen molar-refractivity contribution >= 4 is 27.1 Å². The number of hydrogen-bond donors (Lipinski definition) is 0. The first-order valence-electron chi connectivity index (χ1n) is 4.39. The number of carbonyl (C=O) groups excluding carboxylic acids is 1. The van der Waals surface area contributed by atoms with Crippen molar-refractivity contribution in [3.05, 3.63) is 17.5 Å². The van der Waals surface area contributed by atoms with Gasteiger partial charge in [-0.15, -0.1) is 11.3 Å². The average Bonchev–Trinajstić information content (AvgIpc) is 2.70. The molecule has 1 heterocycles. The van der Waals surface area contributed by atoms with E-state index in [1.165, 1.54) is 18.4 Å². The molecule has 1 aromatic rings. The summed E-state index contributed by atoms with van der Waals surface area (Å²) in [5.74, 6) is -0.390. The second-order valence-corrected chi connectivity index (χ2v) is 6.21. The van der Waals surface area contributed by atoms with Crippen LogP contribution in [0.2, 0.25) is 0 Å². The quantitative estimate of drug-likeness (QED) is 0.740. The van der Waals surface area contributed by atoms with Crippen molar-refractivity contribution in [3.63, 3.8) is 0 Å². The van der Waals surface area contributed by atoms with Crippen LogP contribution in [0.5, 0.6) is 0 Å². The van der Waals surface area contributed by atoms with Crippen molar-refractivity contribution in [2.45, 2.75) is 17.1 Å². The van der Waals surface area contributed by atoms with Gasteiger partial charge in [-0.3, -0.25) is 4.79 Å². The second-order valence-electron chi connectivity index (χ2n) is 2.93. The Morgan fingerprint density at radius 3 is 2.80 bits per heavy atom. The van der Waals surface area contributed by atoms with E-state index in [4.69, 9.17) is 0 Å². The molecule has 0 aliphatic heterocycles. The molecule has 84 valence electrons. The van der Waals surface area contributed by atoms with E-state index in [1.807, 2.05) is 0 Å². The van der Waals surface area contributed by atoms with E-state index in [9.17, 15) is 13.2 Å². The normalized spacial score (nSPS) is 11.3. The maximum atomic E-state index is 11.6. The Balaban J connectivity index is 2.49. The van der Waals surface area contributed by atoms with Gasteiger partial charge in [0.15, 0.2) is 9.84 Å². The Morgan fingerprint density at radius 2 is 2.27 bits per heavy atom. The van der Waals surface area contributed by atoms with E-state index < -0.39 is 9.84 Å². The smallest absolute Gasteiger partial charge is 0.305 e. The maximum Gasteiger partial charge on any atom is 0.305 e. The molecule has 1 aromatic heterocycles. The third-order valence-electron chi connectivity index (χ3n) is 1.82. The second kappa shape index (κ2) is 5.27. The fraction of sp³-hybridized carbons (Fsp3) is 0.444. The number of ether oxygens (including phenoxy) is 1. The van der Waals surface area contributed by atoms with Gasteiger partial charge in [0, 0.05) is 6.42 Å². The minimum Gasteiger partial charge on any atom is -0.469 e. The highest BCUT2D eigenvalue weighted by molar-refractivity contribution is 7.93. The molecular weight excluding hydrogens is 236 g/mol. The summed E-state index contributed by atoms with van der Waals surface area (Å²) >= 11 is 1.19. The zero-order valence-corrected chi connectivity index (χ0v) is 9.94. The van der Waals surface area contributed by atoms with Crippen LogP contribution in [0.15, 0.2) is 21.7 Å². The molecule has 0 atom stereocenters. The molecule has 0 aliphatic carbocycles. The Morgan fingerprint density at radius 1 is 1.53 bits per heavy atom. The molecule has 0 aliphatic rings. The number of carbonyl (C=O) groups is 1. The lowest BCUT2D eigenvalue weighted by Gasteiger charge is -2.00. The monoisotopic (exact) mass is 248 g/mol. The molecule has 0 saturated heterocycles. The van der Waals surface area contributed by atoms with E-state index in [-0.39, 0.29) is 18.1 Å². The summed E-state index contributed by atoms with van der Waals surface area (Å²) in [4.78, 5) is 10.8. The lowest BCUT2D eigenvalue weighted by molar-refractivity contribution is -0.140. The minimum absolute atomic E-state index is 0.0113. The van der Waals surface area contributed by atoms with Crippen molar-refractivity contribution in [3.8, 4) is 0 Å². The summed E-state index contributed by atoms with van der Waals surface area (Å²) in [7, 11) is -1.92. The zero-order valence-electron chi connectivity index (χ0n) is 8.30. The van der Waals surface area contributed by atoms with Crippen LogP contribution in [0.4, 0.5) is 0 Å². The van der Waals surface area contributed by atoms with Gasteiger partial charge in [-0.1, -0.05) is 6.07 Å². The van der Waals surface area contributed by atoms with Gasteiger partial charge in [0.2, 0.25) is 0 Å². The van der Waals surface area contributed by atoms with Crippen LogP contribution >= 0.6 is 11.3 Å². The van der Waals surface area contributed by atoms with Crippen LogP contribution < -0.4 is 0 Å². The van der Waals surface area contributed by atoms with Crippen LogP contribution in [0, 0.1) is 0 Å². The lowest BCUT2D eigenvalue weighted by Crippen LogP contribution is -2.08. The van der Waals surface area contributed by atoms with Crippen LogP contribution in [-0.4, -0.2) is 27.2 Å². The van der Waals surface area contributed by atoms with Crippen molar-refractivity contribution in [1.29, 1.82) is 0 Å². The summed E-state index contributed by atoms with van der Waals surface area (Å²) in [6.07, 6.45) is 0.439. The molecule has 1 rings (SSSR count). The van der Waals surface area contributed by atoms with Gasteiger partial charge in [-0.05, 0) is 17.9 Å². The number of rotatable bonds is 5. The molecule has 6 heteroatoms. The Labute approximate surface area is 92.8 Å². The first kappa shape index (κ1) is 12.2. The fourth-order valence-electron chi connectivity index (χ4n) is 1.05. The van der Waals surface area contributed by atoms with Crippen molar-refractivity contribution < 1.29 is 17.9 Å². The number of sulfone groups is 1. The first-order valence-corrected chi connectivity index (χ1v) is 6.92. The SMILES string of the molecule is COC(=O)CCCS(=O)(=O)c1cccs1. The molecule has 15 heavy (non-hydrogen) atoms. The molecular formula is C9H12O4S2. The van der Waals surface area contributed by atoms with Gasteiger partial charge >= 0.3 is 5.97 Å². The van der Waals surface area contributed by atoms with E-state index in [0.717, 1.165) is 0 Å². The van der Waals surface area contributed by atoms with Crippen molar-refractivity contribution in [1.82, 2.24) is 0 Å². The largest absolute Gasteiger partial charge is 0.469 e. The highest BCUT2D eigenvalue weighted by atomic mass is 32.2. The van der Waals surface area contributed by atoms with Crippen molar-refractivity contribution in [2.24, 2.45) is 0 Å². The van der Waals surface area contributed by atoms with Gasteiger partial charge in [0.25, 0.3) is 0 Å². The summed E-state index contributed by atoms with van der Waals surface area (Å²) in [6.45, 7) is 0. The van der Waals surface area contributed by atoms with E-state index >= 15 is 0 Å². The Bertz CT molecular complexity index is 405. The molecule has 0 radical (unpaired) electrons. The standard InChI is InChI=1S/C9H12O4S2/c1-13-8(10)4-3-7-15(11,12)9-5-2-6-14-9/h2,5-6H,3-4,7H2,1H3. The number of esters is 1. The average molecular weight is 248 g/mol. The molecule has 0 fully saturated rings. The first-order chi connectivity index (χ1) is 7.06. The van der Waals surface area contributed by atoms with Crippen LogP contribution in [0.25, 0.3) is 0 Å². The summed E-state index contributed by atoms with van der Waals surface area (Å²) < 4.78 is 28.0. The Hall–Kier alpha value is -0.880. The highest BCUT2D eigenvalue weighted by Gasteiger charge is 2.15. The molecule has 0 saturated carbocycles. The molecule has 0 amide bonds. The predicted molar refractivity (Wildman–Crippen MR) is 57.6 cm³/mol. The third kappa shape index (κ3) is 3.64. The van der Waals surface area contributed by atoms with Gasteiger partial charge in [0.1, 0.15) is 4.21 Å². The minimum atomic E-state index is -3.21. The predicted octanol–water partition coefficient (Wildman–Crippen LogP) is 1.48. The van der Waals surface area contributed by atoms with E-state index in [0.29, 0.717) is 10.6 Å². The number of methoxy groups -OCH3 is 1. The molecule has 0 aromatic carbocycles. The molecule has 4 nitrogen and oxygen atoms in total. The zero-order chi connectivity index (χ0) is 11.3. The third-order valence-corrected chi connectivity index (χ3v) is 5.11. The van der Waals surface area contributed by atoms with Gasteiger partial charge in [-0.25, -0.2) is 8.42 Å². The number of hydrogen-bond acceptors (Lipinski definition) is 5. The fourth-order valence-corrected chi connectivity index (χ4v) is 3.51. The highest BCUT2D eigenvalue weighted by Crippen LogP contribution is 2.18. The maximum absolute atomic E-state index is 11.6. The van der Waals surface area contributed by atoms with Gasteiger partial charge < -0.3 is 4.74 Å². The Kier molecular flexibility index (Phi) is 4.28. The van der Waals surface area contributed by atoms with Crippen LogP contribution in [-0.2, 0) is 19.4 Å². The molecule has 0 N–H and O–H groups in total. The molecule has 0 bridgehead atoms. The van der Waals surface area contributed by atoms with Crippen LogP contribution in [0.3, 0.4) is 0 Å². The van der Waals surface area contributed by atoms with Gasteiger partial charge in [0.05, 0.1) is 12.9 Å². The lowest BCUT2D eigenvalue weighted by atomic mass is 10.3. The summed E-state index contributed by atoms with van der Waals surface area (Å²) in [5, 5.41) is 1.72.